The number of hydrogen-bond donors (Lipinski definition) is 3. The number of anilines is 2. The molecule has 0 radical (unpaired) electrons. The van der Waals surface area contributed by atoms with Crippen LogP contribution in [0.2, 0.25) is 0 Å². The Morgan fingerprint density at radius 1 is 1.00 bits per heavy atom. The summed E-state index contributed by atoms with van der Waals surface area (Å²) in [7, 11) is 0. The number of amides is 3. The summed E-state index contributed by atoms with van der Waals surface area (Å²) in [6.45, 7) is 3.71. The van der Waals surface area contributed by atoms with Crippen molar-refractivity contribution >= 4 is 29.1 Å². The molecule has 4 bridgehead atoms. The maximum Gasteiger partial charge on any atom is 0.226 e. The zero-order chi connectivity index (χ0) is 20.6. The van der Waals surface area contributed by atoms with E-state index in [0.29, 0.717) is 17.9 Å². The molecule has 29 heavy (non-hydrogen) atoms. The third kappa shape index (κ3) is 4.31. The maximum atomic E-state index is 12.9. The lowest BCUT2D eigenvalue weighted by Gasteiger charge is -2.55. The quantitative estimate of drug-likeness (QED) is 0.685. The molecule has 156 valence electrons. The minimum Gasteiger partial charge on any atom is -0.355 e. The predicted molar refractivity (Wildman–Crippen MR) is 112 cm³/mol. The molecule has 1 aromatic carbocycles. The lowest BCUT2D eigenvalue weighted by atomic mass is 9.49. The summed E-state index contributed by atoms with van der Waals surface area (Å²) in [6.07, 6.45) is 7.27. The fourth-order valence-electron chi connectivity index (χ4n) is 6.11. The molecule has 3 amide bonds. The van der Waals surface area contributed by atoms with E-state index in [4.69, 9.17) is 0 Å². The van der Waals surface area contributed by atoms with Crippen LogP contribution in [0, 0.1) is 30.1 Å². The molecule has 1 aromatic rings. The molecule has 4 fully saturated rings. The first kappa shape index (κ1) is 19.9. The SMILES string of the molecule is CC(=O)Nc1cc(NC(=O)CCNC(=O)C23CC4CC(CC(C4)C2)C3)ccc1C. The second-order valence-electron chi connectivity index (χ2n) is 9.46. The summed E-state index contributed by atoms with van der Waals surface area (Å²) in [5, 5.41) is 8.66. The van der Waals surface area contributed by atoms with E-state index in [9.17, 15) is 14.4 Å². The van der Waals surface area contributed by atoms with Crippen molar-refractivity contribution in [1.29, 1.82) is 0 Å². The van der Waals surface area contributed by atoms with Crippen molar-refractivity contribution in [3.05, 3.63) is 23.8 Å². The van der Waals surface area contributed by atoms with Gasteiger partial charge in [-0.05, 0) is 80.9 Å². The number of nitrogens with one attached hydrogen (secondary N) is 3. The molecular formula is C23H31N3O3. The van der Waals surface area contributed by atoms with E-state index in [0.717, 1.165) is 42.6 Å². The number of benzene rings is 1. The van der Waals surface area contributed by atoms with Crippen LogP contribution in [0.1, 0.15) is 57.4 Å². The minimum absolute atomic E-state index is 0.145. The van der Waals surface area contributed by atoms with Gasteiger partial charge in [-0.1, -0.05) is 6.07 Å². The lowest BCUT2D eigenvalue weighted by molar-refractivity contribution is -0.146. The van der Waals surface area contributed by atoms with Crippen molar-refractivity contribution in [3.63, 3.8) is 0 Å². The molecule has 4 aliphatic rings. The molecule has 6 nitrogen and oxygen atoms in total. The molecule has 6 heteroatoms. The maximum absolute atomic E-state index is 12.9. The van der Waals surface area contributed by atoms with Gasteiger partial charge in [-0.25, -0.2) is 0 Å². The van der Waals surface area contributed by atoms with Gasteiger partial charge in [0.15, 0.2) is 0 Å². The molecule has 4 aliphatic carbocycles. The topological polar surface area (TPSA) is 87.3 Å². The van der Waals surface area contributed by atoms with Gasteiger partial charge < -0.3 is 16.0 Å². The standard InChI is InChI=1S/C23H31N3O3/c1-14-3-4-19(10-20(14)25-15(2)27)26-21(28)5-6-24-22(29)23-11-16-7-17(12-23)9-18(8-16)13-23/h3-4,10,16-18H,5-9,11-13H2,1-2H3,(H,24,29)(H,25,27)(H,26,28). The van der Waals surface area contributed by atoms with Crippen LogP contribution in [0.15, 0.2) is 18.2 Å². The van der Waals surface area contributed by atoms with Gasteiger partial charge in [0.25, 0.3) is 0 Å². The Balaban J connectivity index is 1.27. The minimum atomic E-state index is -0.171. The zero-order valence-corrected chi connectivity index (χ0v) is 17.3. The third-order valence-corrected chi connectivity index (χ3v) is 6.99. The van der Waals surface area contributed by atoms with Gasteiger partial charge >= 0.3 is 0 Å². The highest BCUT2D eigenvalue weighted by Gasteiger charge is 2.54. The van der Waals surface area contributed by atoms with Crippen molar-refractivity contribution in [3.8, 4) is 0 Å². The third-order valence-electron chi connectivity index (χ3n) is 6.99. The molecule has 3 N–H and O–H groups in total. The zero-order valence-electron chi connectivity index (χ0n) is 17.3. The van der Waals surface area contributed by atoms with Gasteiger partial charge in [-0.2, -0.15) is 0 Å². The fraction of sp³-hybridized carbons (Fsp3) is 0.609. The van der Waals surface area contributed by atoms with Crippen molar-refractivity contribution in [2.75, 3.05) is 17.2 Å². The molecule has 0 aliphatic heterocycles. The highest BCUT2D eigenvalue weighted by Crippen LogP contribution is 2.60. The molecular weight excluding hydrogens is 366 g/mol. The monoisotopic (exact) mass is 397 g/mol. The van der Waals surface area contributed by atoms with Gasteiger partial charge in [0.2, 0.25) is 17.7 Å². The highest BCUT2D eigenvalue weighted by molar-refractivity contribution is 5.94. The largest absolute Gasteiger partial charge is 0.355 e. The molecule has 4 saturated carbocycles. The van der Waals surface area contributed by atoms with Crippen LogP contribution in [0.25, 0.3) is 0 Å². The van der Waals surface area contributed by atoms with Gasteiger partial charge in [-0.3, -0.25) is 14.4 Å². The first-order chi connectivity index (χ1) is 13.8. The van der Waals surface area contributed by atoms with E-state index in [1.165, 1.54) is 26.2 Å². The van der Waals surface area contributed by atoms with E-state index < -0.39 is 0 Å². The van der Waals surface area contributed by atoms with Crippen molar-refractivity contribution in [2.24, 2.45) is 23.2 Å². The van der Waals surface area contributed by atoms with Crippen LogP contribution in [-0.2, 0) is 14.4 Å². The molecule has 0 heterocycles. The van der Waals surface area contributed by atoms with Crippen LogP contribution in [0.3, 0.4) is 0 Å². The van der Waals surface area contributed by atoms with Crippen LogP contribution >= 0.6 is 0 Å². The van der Waals surface area contributed by atoms with Crippen LogP contribution in [-0.4, -0.2) is 24.3 Å². The summed E-state index contributed by atoms with van der Waals surface area (Å²) >= 11 is 0. The number of carbonyl (C=O) groups excluding carboxylic acids is 3. The lowest BCUT2D eigenvalue weighted by Crippen LogP contribution is -2.53. The Hall–Kier alpha value is -2.37. The number of carbonyl (C=O) groups is 3. The molecule has 0 unspecified atom stereocenters. The van der Waals surface area contributed by atoms with Gasteiger partial charge in [0.05, 0.1) is 0 Å². The Morgan fingerprint density at radius 2 is 1.62 bits per heavy atom. The van der Waals surface area contributed by atoms with Crippen molar-refractivity contribution in [2.45, 2.75) is 58.8 Å². The van der Waals surface area contributed by atoms with E-state index in [2.05, 4.69) is 16.0 Å². The second kappa shape index (κ2) is 7.81. The van der Waals surface area contributed by atoms with E-state index in [1.54, 1.807) is 6.07 Å². The van der Waals surface area contributed by atoms with E-state index in [1.807, 2.05) is 19.1 Å². The van der Waals surface area contributed by atoms with Crippen molar-refractivity contribution < 1.29 is 14.4 Å². The summed E-state index contributed by atoms with van der Waals surface area (Å²) in [4.78, 5) is 36.5. The Labute approximate surface area is 172 Å². The summed E-state index contributed by atoms with van der Waals surface area (Å²) < 4.78 is 0. The van der Waals surface area contributed by atoms with Gasteiger partial charge in [0, 0.05) is 36.7 Å². The average molecular weight is 398 g/mol. The smallest absolute Gasteiger partial charge is 0.226 e. The van der Waals surface area contributed by atoms with Crippen LogP contribution in [0.4, 0.5) is 11.4 Å². The second-order valence-corrected chi connectivity index (χ2v) is 9.46. The van der Waals surface area contributed by atoms with Gasteiger partial charge in [-0.15, -0.1) is 0 Å². The number of hydrogen-bond acceptors (Lipinski definition) is 3. The summed E-state index contributed by atoms with van der Waals surface area (Å²) in [6, 6.07) is 5.42. The Morgan fingerprint density at radius 3 is 2.21 bits per heavy atom. The highest BCUT2D eigenvalue weighted by atomic mass is 16.2. The molecule has 0 saturated heterocycles. The molecule has 0 aromatic heterocycles. The molecule has 0 spiro atoms. The molecule has 5 rings (SSSR count). The number of aryl methyl sites for hydroxylation is 1. The van der Waals surface area contributed by atoms with E-state index in [-0.39, 0.29) is 29.6 Å². The first-order valence-corrected chi connectivity index (χ1v) is 10.8. The van der Waals surface area contributed by atoms with Crippen LogP contribution in [0.5, 0.6) is 0 Å². The Kier molecular flexibility index (Phi) is 5.36. The first-order valence-electron chi connectivity index (χ1n) is 10.8. The van der Waals surface area contributed by atoms with Gasteiger partial charge in [0.1, 0.15) is 0 Å². The average Bonchev–Trinajstić information content (AvgIpc) is 2.63. The van der Waals surface area contributed by atoms with Crippen molar-refractivity contribution in [1.82, 2.24) is 5.32 Å². The summed E-state index contributed by atoms with van der Waals surface area (Å²) in [5.41, 5.74) is 2.08. The van der Waals surface area contributed by atoms with E-state index >= 15 is 0 Å². The molecule has 0 atom stereocenters. The van der Waals surface area contributed by atoms with Crippen LogP contribution < -0.4 is 16.0 Å². The normalized spacial score (nSPS) is 29.4. The predicted octanol–water partition coefficient (Wildman–Crippen LogP) is 3.61. The Bertz CT molecular complexity index is 797. The number of rotatable bonds is 6. The summed E-state index contributed by atoms with van der Waals surface area (Å²) in [5.74, 6) is 2.06. The fourth-order valence-corrected chi connectivity index (χ4v) is 6.11.